The van der Waals surface area contributed by atoms with Gasteiger partial charge in [-0.25, -0.2) is 0 Å². The Balaban J connectivity index is 1.93. The van der Waals surface area contributed by atoms with Crippen molar-refractivity contribution < 1.29 is 9.53 Å². The Bertz CT molecular complexity index is 797. The molecule has 0 aliphatic heterocycles. The van der Waals surface area contributed by atoms with Gasteiger partial charge in [-0.05, 0) is 49.2 Å². The predicted molar refractivity (Wildman–Crippen MR) is 118 cm³/mol. The van der Waals surface area contributed by atoms with Gasteiger partial charge in [-0.3, -0.25) is 9.79 Å². The maximum absolute atomic E-state index is 12.4. The van der Waals surface area contributed by atoms with Crippen LogP contribution in [0, 0.1) is 0 Å². The summed E-state index contributed by atoms with van der Waals surface area (Å²) in [6, 6.07) is 15.8. The zero-order valence-corrected chi connectivity index (χ0v) is 18.1. The third kappa shape index (κ3) is 6.24. The van der Waals surface area contributed by atoms with Crippen LogP contribution in [0.25, 0.3) is 0 Å². The Morgan fingerprint density at radius 1 is 1.00 bits per heavy atom. The molecule has 6 heteroatoms. The van der Waals surface area contributed by atoms with Crippen molar-refractivity contribution in [3.8, 4) is 5.75 Å². The van der Waals surface area contributed by atoms with Crippen LogP contribution in [0.4, 0.5) is 0 Å². The molecule has 156 valence electrons. The summed E-state index contributed by atoms with van der Waals surface area (Å²) < 4.78 is 5.21. The third-order valence-electron chi connectivity index (χ3n) is 4.85. The van der Waals surface area contributed by atoms with E-state index < -0.39 is 0 Å². The highest BCUT2D eigenvalue weighted by Gasteiger charge is 2.12. The van der Waals surface area contributed by atoms with Crippen molar-refractivity contribution in [1.29, 1.82) is 0 Å². The van der Waals surface area contributed by atoms with Gasteiger partial charge in [-0.1, -0.05) is 24.3 Å². The fraction of sp³-hybridized carbons (Fsp3) is 0.391. The number of hydrogen-bond acceptors (Lipinski definition) is 3. The smallest absolute Gasteiger partial charge is 0.253 e. The van der Waals surface area contributed by atoms with E-state index in [2.05, 4.69) is 15.2 Å². The number of rotatable bonds is 8. The Morgan fingerprint density at radius 2 is 1.59 bits per heavy atom. The van der Waals surface area contributed by atoms with Crippen molar-refractivity contribution in [2.45, 2.75) is 26.9 Å². The first-order valence-electron chi connectivity index (χ1n) is 9.95. The van der Waals surface area contributed by atoms with Crippen LogP contribution in [0.1, 0.15) is 35.3 Å². The number of hydrogen-bond donors (Lipinski definition) is 1. The van der Waals surface area contributed by atoms with E-state index in [4.69, 9.17) is 4.74 Å². The maximum Gasteiger partial charge on any atom is 0.253 e. The minimum Gasteiger partial charge on any atom is -0.497 e. The molecule has 0 aromatic heterocycles. The Morgan fingerprint density at radius 3 is 2.10 bits per heavy atom. The lowest BCUT2D eigenvalue weighted by molar-refractivity contribution is 0.0773. The average molecular weight is 397 g/mol. The second kappa shape index (κ2) is 11.1. The third-order valence-corrected chi connectivity index (χ3v) is 4.85. The molecule has 1 N–H and O–H groups in total. The zero-order valence-electron chi connectivity index (χ0n) is 18.1. The highest BCUT2D eigenvalue weighted by atomic mass is 16.5. The summed E-state index contributed by atoms with van der Waals surface area (Å²) in [7, 11) is 5.45. The molecule has 0 fully saturated rings. The van der Waals surface area contributed by atoms with Gasteiger partial charge in [0.1, 0.15) is 5.75 Å². The van der Waals surface area contributed by atoms with Crippen LogP contribution >= 0.6 is 0 Å². The number of guanidine groups is 1. The van der Waals surface area contributed by atoms with Crippen molar-refractivity contribution in [2.75, 3.05) is 34.3 Å². The van der Waals surface area contributed by atoms with Crippen LogP contribution in [0.3, 0.4) is 0 Å². The fourth-order valence-corrected chi connectivity index (χ4v) is 3.10. The molecule has 2 rings (SSSR count). The quantitative estimate of drug-likeness (QED) is 0.549. The van der Waals surface area contributed by atoms with E-state index in [0.29, 0.717) is 6.54 Å². The number of aliphatic imine (C=N–C) groups is 1. The van der Waals surface area contributed by atoms with Crippen LogP contribution in [0.15, 0.2) is 53.5 Å². The summed E-state index contributed by atoms with van der Waals surface area (Å²) in [5.41, 5.74) is 2.99. The Kier molecular flexibility index (Phi) is 8.52. The standard InChI is InChI=1S/C23H32N4O2/c1-6-27(7-2)22(28)20-12-8-18(9-13-20)16-25-23(24-3)26(4)17-19-10-14-21(29-5)15-11-19/h8-15H,6-7,16-17H2,1-5H3,(H,24,25). The number of carbonyl (C=O) groups is 1. The van der Waals surface area contributed by atoms with E-state index in [1.807, 2.05) is 74.3 Å². The molecule has 0 aliphatic carbocycles. The van der Waals surface area contributed by atoms with E-state index in [9.17, 15) is 4.79 Å². The first kappa shape index (κ1) is 22.3. The first-order chi connectivity index (χ1) is 14.0. The highest BCUT2D eigenvalue weighted by Crippen LogP contribution is 2.13. The maximum atomic E-state index is 12.4. The summed E-state index contributed by atoms with van der Waals surface area (Å²) in [6.45, 7) is 6.80. The van der Waals surface area contributed by atoms with Gasteiger partial charge in [0.2, 0.25) is 0 Å². The molecule has 0 saturated heterocycles. The molecule has 0 aliphatic rings. The van der Waals surface area contributed by atoms with E-state index in [1.165, 1.54) is 5.56 Å². The van der Waals surface area contributed by atoms with Crippen LogP contribution in [0.2, 0.25) is 0 Å². The molecule has 2 aromatic carbocycles. The van der Waals surface area contributed by atoms with Crippen LogP contribution in [0.5, 0.6) is 5.75 Å². The topological polar surface area (TPSA) is 57.2 Å². The number of nitrogens with zero attached hydrogens (tertiary/aromatic N) is 3. The van der Waals surface area contributed by atoms with E-state index in [1.54, 1.807) is 14.2 Å². The van der Waals surface area contributed by atoms with E-state index in [0.717, 1.165) is 42.5 Å². The van der Waals surface area contributed by atoms with E-state index >= 15 is 0 Å². The summed E-state index contributed by atoms with van der Waals surface area (Å²) >= 11 is 0. The Labute approximate surface area is 174 Å². The largest absolute Gasteiger partial charge is 0.497 e. The number of nitrogens with one attached hydrogen (secondary N) is 1. The fourth-order valence-electron chi connectivity index (χ4n) is 3.10. The SMILES string of the molecule is CCN(CC)C(=O)c1ccc(CNC(=NC)N(C)Cc2ccc(OC)cc2)cc1. The minimum atomic E-state index is 0.0737. The normalized spacial score (nSPS) is 11.1. The molecule has 0 saturated carbocycles. The van der Waals surface area contributed by atoms with Crippen LogP contribution in [-0.2, 0) is 13.1 Å². The van der Waals surface area contributed by atoms with Gasteiger partial charge in [-0.15, -0.1) is 0 Å². The van der Waals surface area contributed by atoms with Crippen molar-refractivity contribution >= 4 is 11.9 Å². The zero-order chi connectivity index (χ0) is 21.2. The second-order valence-corrected chi connectivity index (χ2v) is 6.78. The molecule has 0 unspecified atom stereocenters. The highest BCUT2D eigenvalue weighted by molar-refractivity contribution is 5.94. The number of benzene rings is 2. The second-order valence-electron chi connectivity index (χ2n) is 6.78. The summed E-state index contributed by atoms with van der Waals surface area (Å²) in [5.74, 6) is 1.73. The van der Waals surface area contributed by atoms with E-state index in [-0.39, 0.29) is 5.91 Å². The molecule has 0 radical (unpaired) electrons. The van der Waals surface area contributed by atoms with Gasteiger partial charge in [0, 0.05) is 45.8 Å². The molecule has 6 nitrogen and oxygen atoms in total. The lowest BCUT2D eigenvalue weighted by atomic mass is 10.1. The summed E-state index contributed by atoms with van der Waals surface area (Å²) in [6.07, 6.45) is 0. The molecular weight excluding hydrogens is 364 g/mol. The van der Waals surface area contributed by atoms with Gasteiger partial charge in [0.05, 0.1) is 7.11 Å². The summed E-state index contributed by atoms with van der Waals surface area (Å²) in [4.78, 5) is 20.7. The molecule has 0 spiro atoms. The van der Waals surface area contributed by atoms with Gasteiger partial charge in [0.25, 0.3) is 5.91 Å². The number of carbonyl (C=O) groups excluding carboxylic acids is 1. The number of amides is 1. The van der Waals surface area contributed by atoms with Crippen LogP contribution in [-0.4, -0.2) is 56.0 Å². The molecule has 0 atom stereocenters. The molecule has 2 aromatic rings. The average Bonchev–Trinajstić information content (AvgIpc) is 2.76. The number of methoxy groups -OCH3 is 1. The summed E-state index contributed by atoms with van der Waals surface area (Å²) in [5, 5.41) is 3.38. The Hall–Kier alpha value is -3.02. The van der Waals surface area contributed by atoms with Crippen molar-refractivity contribution in [3.63, 3.8) is 0 Å². The molecule has 0 heterocycles. The molecule has 0 bridgehead atoms. The van der Waals surface area contributed by atoms with Crippen LogP contribution < -0.4 is 10.1 Å². The lowest BCUT2D eigenvalue weighted by Gasteiger charge is -2.22. The van der Waals surface area contributed by atoms with Gasteiger partial charge < -0.3 is 19.9 Å². The number of ether oxygens (including phenoxy) is 1. The van der Waals surface area contributed by atoms with Gasteiger partial charge in [0.15, 0.2) is 5.96 Å². The molecule has 1 amide bonds. The lowest BCUT2D eigenvalue weighted by Crippen LogP contribution is -2.38. The van der Waals surface area contributed by atoms with Gasteiger partial charge >= 0.3 is 0 Å². The molecular formula is C23H32N4O2. The van der Waals surface area contributed by atoms with Crippen molar-refractivity contribution in [2.24, 2.45) is 4.99 Å². The molecule has 29 heavy (non-hydrogen) atoms. The van der Waals surface area contributed by atoms with Crippen molar-refractivity contribution in [3.05, 3.63) is 65.2 Å². The predicted octanol–water partition coefficient (Wildman–Crippen LogP) is 3.38. The minimum absolute atomic E-state index is 0.0737. The van der Waals surface area contributed by atoms with Gasteiger partial charge in [-0.2, -0.15) is 0 Å². The first-order valence-corrected chi connectivity index (χ1v) is 9.95. The van der Waals surface area contributed by atoms with Crippen molar-refractivity contribution in [1.82, 2.24) is 15.1 Å². The monoisotopic (exact) mass is 396 g/mol.